The van der Waals surface area contributed by atoms with Crippen LogP contribution in [0, 0.1) is 0 Å². The third-order valence-electron chi connectivity index (χ3n) is 3.20. The van der Waals surface area contributed by atoms with Gasteiger partial charge in [-0.15, -0.1) is 0 Å². The highest BCUT2D eigenvalue weighted by Gasteiger charge is 2.30. The third-order valence-corrected chi connectivity index (χ3v) is 3.69. The van der Waals surface area contributed by atoms with Gasteiger partial charge in [-0.2, -0.15) is 0 Å². The van der Waals surface area contributed by atoms with E-state index in [0.717, 1.165) is 30.4 Å². The second-order valence-electron chi connectivity index (χ2n) is 4.46. The van der Waals surface area contributed by atoms with Crippen molar-refractivity contribution < 1.29 is 4.39 Å². The first kappa shape index (κ1) is 11.9. The first-order valence-corrected chi connectivity index (χ1v) is 6.28. The van der Waals surface area contributed by atoms with Gasteiger partial charge < -0.3 is 10.6 Å². The predicted octanol–water partition coefficient (Wildman–Crippen LogP) is 2.72. The molecule has 0 amide bonds. The maximum Gasteiger partial charge on any atom is 0.107 e. The van der Waals surface area contributed by atoms with Crippen LogP contribution in [-0.4, -0.2) is 25.3 Å². The van der Waals surface area contributed by atoms with Crippen LogP contribution in [0.2, 0.25) is 0 Å². The number of halogens is 2. The van der Waals surface area contributed by atoms with E-state index >= 15 is 0 Å². The topological polar surface area (TPSA) is 29.3 Å². The van der Waals surface area contributed by atoms with Crippen LogP contribution in [0.15, 0.2) is 28.7 Å². The number of hydrogen-bond donors (Lipinski definition) is 1. The van der Waals surface area contributed by atoms with Gasteiger partial charge in [0.05, 0.1) is 0 Å². The molecule has 0 unspecified atom stereocenters. The highest BCUT2D eigenvalue weighted by Crippen LogP contribution is 2.26. The smallest absolute Gasteiger partial charge is 0.107 e. The molecule has 1 aromatic rings. The number of rotatable bonds is 2. The zero-order valence-electron chi connectivity index (χ0n) is 9.13. The maximum atomic E-state index is 12.7. The summed E-state index contributed by atoms with van der Waals surface area (Å²) in [6.45, 7) is 1.24. The molecule has 1 fully saturated rings. The predicted molar refractivity (Wildman–Crippen MR) is 68.5 cm³/mol. The quantitative estimate of drug-likeness (QED) is 0.906. The lowest BCUT2D eigenvalue weighted by atomic mass is 9.90. The lowest BCUT2D eigenvalue weighted by Crippen LogP contribution is -2.52. The van der Waals surface area contributed by atoms with Crippen LogP contribution in [-0.2, 0) is 0 Å². The monoisotopic (exact) mass is 286 g/mol. The standard InChI is InChI=1S/C12H16BrFN2/c13-10-2-1-3-11(8-10)16-6-4-12(15,9-14)5-7-16/h1-3,8H,4-7,9,15H2. The Hall–Kier alpha value is -0.610. The largest absolute Gasteiger partial charge is 0.371 e. The molecule has 0 spiro atoms. The van der Waals surface area contributed by atoms with Crippen LogP contribution >= 0.6 is 15.9 Å². The Morgan fingerprint density at radius 2 is 2.06 bits per heavy atom. The van der Waals surface area contributed by atoms with Gasteiger partial charge in [-0.3, -0.25) is 0 Å². The average Bonchev–Trinajstić information content (AvgIpc) is 2.30. The SMILES string of the molecule is NC1(CF)CCN(c2cccc(Br)c2)CC1. The number of nitrogens with two attached hydrogens (primary N) is 1. The van der Waals surface area contributed by atoms with E-state index in [1.54, 1.807) is 0 Å². The van der Waals surface area contributed by atoms with Crippen LogP contribution in [0.5, 0.6) is 0 Å². The number of hydrogen-bond acceptors (Lipinski definition) is 2. The number of nitrogens with zero attached hydrogens (tertiary/aromatic N) is 1. The van der Waals surface area contributed by atoms with Gasteiger partial charge in [-0.1, -0.05) is 22.0 Å². The van der Waals surface area contributed by atoms with E-state index in [9.17, 15) is 4.39 Å². The zero-order chi connectivity index (χ0) is 11.6. The van der Waals surface area contributed by atoms with Crippen molar-refractivity contribution >= 4 is 21.6 Å². The van der Waals surface area contributed by atoms with Gasteiger partial charge in [-0.25, -0.2) is 4.39 Å². The fourth-order valence-electron chi connectivity index (χ4n) is 2.02. The van der Waals surface area contributed by atoms with E-state index in [2.05, 4.69) is 33.0 Å². The molecule has 1 saturated heterocycles. The van der Waals surface area contributed by atoms with Crippen LogP contribution in [0.3, 0.4) is 0 Å². The number of benzene rings is 1. The fraction of sp³-hybridized carbons (Fsp3) is 0.500. The molecule has 1 aliphatic heterocycles. The molecule has 0 radical (unpaired) electrons. The molecule has 88 valence electrons. The van der Waals surface area contributed by atoms with Crippen LogP contribution in [0.4, 0.5) is 10.1 Å². The van der Waals surface area contributed by atoms with Gasteiger partial charge in [0, 0.05) is 28.8 Å². The molecule has 1 heterocycles. The zero-order valence-corrected chi connectivity index (χ0v) is 10.7. The molecule has 0 aliphatic carbocycles. The van der Waals surface area contributed by atoms with Gasteiger partial charge in [0.2, 0.25) is 0 Å². The molecule has 1 aliphatic rings. The van der Waals surface area contributed by atoms with Gasteiger partial charge >= 0.3 is 0 Å². The molecule has 1 aromatic carbocycles. The Bertz CT molecular complexity index is 362. The molecule has 0 aromatic heterocycles. The van der Waals surface area contributed by atoms with Crippen molar-refractivity contribution in [1.82, 2.24) is 0 Å². The Morgan fingerprint density at radius 1 is 1.38 bits per heavy atom. The van der Waals surface area contributed by atoms with E-state index in [1.165, 1.54) is 5.69 Å². The fourth-order valence-corrected chi connectivity index (χ4v) is 2.40. The molecule has 4 heteroatoms. The molecule has 16 heavy (non-hydrogen) atoms. The van der Waals surface area contributed by atoms with Gasteiger partial charge in [-0.05, 0) is 31.0 Å². The molecule has 0 atom stereocenters. The van der Waals surface area contributed by atoms with E-state index in [0.29, 0.717) is 0 Å². The van der Waals surface area contributed by atoms with Crippen LogP contribution in [0.1, 0.15) is 12.8 Å². The summed E-state index contributed by atoms with van der Waals surface area (Å²) in [4.78, 5) is 2.26. The number of anilines is 1. The van der Waals surface area contributed by atoms with Gasteiger partial charge in [0.15, 0.2) is 0 Å². The summed E-state index contributed by atoms with van der Waals surface area (Å²) in [6.07, 6.45) is 1.44. The van der Waals surface area contributed by atoms with E-state index in [-0.39, 0.29) is 0 Å². The lowest BCUT2D eigenvalue weighted by molar-refractivity contribution is 0.255. The summed E-state index contributed by atoms with van der Waals surface area (Å²) in [5.74, 6) is 0. The Labute approximate surface area is 104 Å². The maximum absolute atomic E-state index is 12.7. The highest BCUT2D eigenvalue weighted by atomic mass is 79.9. The van der Waals surface area contributed by atoms with Crippen LogP contribution < -0.4 is 10.6 Å². The highest BCUT2D eigenvalue weighted by molar-refractivity contribution is 9.10. The summed E-state index contributed by atoms with van der Waals surface area (Å²) >= 11 is 3.45. The van der Waals surface area contributed by atoms with Crippen molar-refractivity contribution in [2.45, 2.75) is 18.4 Å². The normalized spacial score (nSPS) is 19.8. The van der Waals surface area contributed by atoms with Crippen molar-refractivity contribution in [2.24, 2.45) is 5.73 Å². The third kappa shape index (κ3) is 2.55. The van der Waals surface area contributed by atoms with Crippen molar-refractivity contribution in [1.29, 1.82) is 0 Å². The summed E-state index contributed by atoms with van der Waals surface area (Å²) in [5.41, 5.74) is 6.50. The molecule has 2 N–H and O–H groups in total. The molecule has 0 saturated carbocycles. The van der Waals surface area contributed by atoms with E-state index in [4.69, 9.17) is 5.73 Å². The van der Waals surface area contributed by atoms with E-state index < -0.39 is 12.2 Å². The van der Waals surface area contributed by atoms with Crippen molar-refractivity contribution in [3.8, 4) is 0 Å². The van der Waals surface area contributed by atoms with E-state index in [1.807, 2.05) is 12.1 Å². The first-order chi connectivity index (χ1) is 7.63. The molecular formula is C12H16BrFN2. The minimum atomic E-state index is -0.595. The Morgan fingerprint density at radius 3 is 2.62 bits per heavy atom. The number of alkyl halides is 1. The molecular weight excluding hydrogens is 271 g/mol. The van der Waals surface area contributed by atoms with Crippen molar-refractivity contribution in [3.63, 3.8) is 0 Å². The van der Waals surface area contributed by atoms with Crippen molar-refractivity contribution in [2.75, 3.05) is 24.7 Å². The lowest BCUT2D eigenvalue weighted by Gasteiger charge is -2.38. The summed E-state index contributed by atoms with van der Waals surface area (Å²) in [5, 5.41) is 0. The number of piperidine rings is 1. The minimum absolute atomic E-state index is 0.417. The second kappa shape index (κ2) is 4.72. The molecule has 0 bridgehead atoms. The average molecular weight is 287 g/mol. The molecule has 2 rings (SSSR count). The minimum Gasteiger partial charge on any atom is -0.371 e. The van der Waals surface area contributed by atoms with Crippen molar-refractivity contribution in [3.05, 3.63) is 28.7 Å². The van der Waals surface area contributed by atoms with Crippen LogP contribution in [0.25, 0.3) is 0 Å². The summed E-state index contributed by atoms with van der Waals surface area (Å²) in [7, 11) is 0. The summed E-state index contributed by atoms with van der Waals surface area (Å²) in [6, 6.07) is 8.17. The second-order valence-corrected chi connectivity index (χ2v) is 5.38. The summed E-state index contributed by atoms with van der Waals surface area (Å²) < 4.78 is 13.8. The molecule has 2 nitrogen and oxygen atoms in total. The first-order valence-electron chi connectivity index (χ1n) is 5.48. The Balaban J connectivity index is 2.04. The van der Waals surface area contributed by atoms with Gasteiger partial charge in [0.25, 0.3) is 0 Å². The van der Waals surface area contributed by atoms with Gasteiger partial charge in [0.1, 0.15) is 6.67 Å². The Kier molecular flexibility index (Phi) is 3.50.